The smallest absolute Gasteiger partial charge is 0.262 e. The van der Waals surface area contributed by atoms with Gasteiger partial charge in [-0.25, -0.2) is 4.39 Å². The minimum atomic E-state index is -1.95. The highest BCUT2D eigenvalue weighted by molar-refractivity contribution is 5.98. The van der Waals surface area contributed by atoms with E-state index in [4.69, 9.17) is 0 Å². The maximum Gasteiger partial charge on any atom is 0.262 e. The third-order valence-electron chi connectivity index (χ3n) is 5.50. The van der Waals surface area contributed by atoms with Crippen molar-refractivity contribution in [1.29, 1.82) is 0 Å². The fraction of sp³-hybridized carbons (Fsp3) is 0.208. The molecule has 1 fully saturated rings. The Morgan fingerprint density at radius 1 is 0.815 bits per heavy atom. The molecule has 0 saturated heterocycles. The minimum Gasteiger partial charge on any atom is -0.323 e. The van der Waals surface area contributed by atoms with E-state index in [-0.39, 0.29) is 12.3 Å². The molecule has 0 spiro atoms. The number of amides is 1. The summed E-state index contributed by atoms with van der Waals surface area (Å²) >= 11 is 0. The molecule has 1 saturated carbocycles. The molecule has 0 bridgehead atoms. The van der Waals surface area contributed by atoms with Gasteiger partial charge in [-0.1, -0.05) is 78.9 Å². The van der Waals surface area contributed by atoms with Crippen LogP contribution >= 0.6 is 0 Å². The number of carbonyl (C=O) groups is 1. The Balaban J connectivity index is 1.67. The summed E-state index contributed by atoms with van der Waals surface area (Å²) in [6.07, 6.45) is 0.808. The Morgan fingerprint density at radius 2 is 1.33 bits per heavy atom. The summed E-state index contributed by atoms with van der Waals surface area (Å²) in [5.74, 6) is -1.00. The summed E-state index contributed by atoms with van der Waals surface area (Å²) in [5.41, 5.74) is 0.638. The van der Waals surface area contributed by atoms with Crippen LogP contribution in [0.5, 0.6) is 0 Å². The highest BCUT2D eigenvalue weighted by Gasteiger charge is 2.54. The highest BCUT2D eigenvalue weighted by Crippen LogP contribution is 2.52. The summed E-state index contributed by atoms with van der Waals surface area (Å²) < 4.78 is 16.3. The van der Waals surface area contributed by atoms with E-state index in [1.807, 2.05) is 78.9 Å². The van der Waals surface area contributed by atoms with Gasteiger partial charge in [-0.15, -0.1) is 0 Å². The van der Waals surface area contributed by atoms with Crippen molar-refractivity contribution in [3.63, 3.8) is 0 Å². The molecule has 1 N–H and O–H groups in total. The van der Waals surface area contributed by atoms with Gasteiger partial charge in [-0.3, -0.25) is 4.79 Å². The van der Waals surface area contributed by atoms with E-state index in [0.29, 0.717) is 12.1 Å². The summed E-state index contributed by atoms with van der Waals surface area (Å²) in [5, 5.41) is 2.78. The first-order valence-corrected chi connectivity index (χ1v) is 9.32. The van der Waals surface area contributed by atoms with E-state index in [0.717, 1.165) is 11.1 Å². The SMILES string of the molecule is O=C(Nc1ccccc1)[C@@]1(F)C[C@H](c2ccccc2)C[C@H]1c1ccccc1. The number of para-hydroxylation sites is 1. The third-order valence-corrected chi connectivity index (χ3v) is 5.50. The average Bonchev–Trinajstić information content (AvgIpc) is 3.09. The Hall–Kier alpha value is -2.94. The zero-order valence-corrected chi connectivity index (χ0v) is 15.0. The molecule has 0 unspecified atom stereocenters. The molecule has 3 aromatic carbocycles. The Labute approximate surface area is 159 Å². The maximum absolute atomic E-state index is 16.3. The number of halogens is 1. The van der Waals surface area contributed by atoms with E-state index < -0.39 is 17.5 Å². The molecule has 1 aliphatic rings. The van der Waals surface area contributed by atoms with Crippen molar-refractivity contribution >= 4 is 11.6 Å². The summed E-state index contributed by atoms with van der Waals surface area (Å²) in [7, 11) is 0. The van der Waals surface area contributed by atoms with E-state index in [1.165, 1.54) is 0 Å². The van der Waals surface area contributed by atoms with Crippen LogP contribution in [0.15, 0.2) is 91.0 Å². The Bertz CT molecular complexity index is 897. The van der Waals surface area contributed by atoms with Crippen LogP contribution in [0.2, 0.25) is 0 Å². The number of hydrogen-bond donors (Lipinski definition) is 1. The lowest BCUT2D eigenvalue weighted by Crippen LogP contribution is -2.41. The van der Waals surface area contributed by atoms with Crippen LogP contribution in [0, 0.1) is 0 Å². The fourth-order valence-electron chi connectivity index (χ4n) is 4.13. The molecule has 0 aliphatic heterocycles. The molecule has 27 heavy (non-hydrogen) atoms. The Kier molecular flexibility index (Phi) is 4.76. The number of anilines is 1. The summed E-state index contributed by atoms with van der Waals surface area (Å²) in [6, 6.07) is 28.6. The van der Waals surface area contributed by atoms with Crippen molar-refractivity contribution in [3.05, 3.63) is 102 Å². The van der Waals surface area contributed by atoms with Crippen LogP contribution in [-0.4, -0.2) is 11.6 Å². The van der Waals surface area contributed by atoms with Crippen LogP contribution in [0.25, 0.3) is 0 Å². The highest BCUT2D eigenvalue weighted by atomic mass is 19.1. The minimum absolute atomic E-state index is 0.0166. The molecule has 0 aromatic heterocycles. The van der Waals surface area contributed by atoms with Crippen molar-refractivity contribution in [1.82, 2.24) is 0 Å². The predicted molar refractivity (Wildman–Crippen MR) is 107 cm³/mol. The van der Waals surface area contributed by atoms with Crippen molar-refractivity contribution in [2.75, 3.05) is 5.32 Å². The van der Waals surface area contributed by atoms with Gasteiger partial charge in [-0.2, -0.15) is 0 Å². The first kappa shape index (κ1) is 17.5. The quantitative estimate of drug-likeness (QED) is 0.636. The van der Waals surface area contributed by atoms with Crippen molar-refractivity contribution in [3.8, 4) is 0 Å². The normalized spacial score (nSPS) is 24.5. The van der Waals surface area contributed by atoms with E-state index in [2.05, 4.69) is 5.32 Å². The molecule has 2 nitrogen and oxygen atoms in total. The molecule has 3 aromatic rings. The number of nitrogens with one attached hydrogen (secondary N) is 1. The number of carbonyl (C=O) groups excluding carboxylic acids is 1. The van der Waals surface area contributed by atoms with Gasteiger partial charge in [0.15, 0.2) is 5.67 Å². The monoisotopic (exact) mass is 359 g/mol. The summed E-state index contributed by atoms with van der Waals surface area (Å²) in [4.78, 5) is 13.0. The second-order valence-corrected chi connectivity index (χ2v) is 7.19. The average molecular weight is 359 g/mol. The van der Waals surface area contributed by atoms with Crippen LogP contribution in [0.4, 0.5) is 10.1 Å². The van der Waals surface area contributed by atoms with E-state index in [9.17, 15) is 4.79 Å². The molecule has 4 rings (SSSR count). The lowest BCUT2D eigenvalue weighted by molar-refractivity contribution is -0.128. The van der Waals surface area contributed by atoms with E-state index >= 15 is 4.39 Å². The molecule has 0 radical (unpaired) electrons. The van der Waals surface area contributed by atoms with Gasteiger partial charge in [-0.05, 0) is 42.0 Å². The van der Waals surface area contributed by atoms with Gasteiger partial charge in [0.05, 0.1) is 0 Å². The van der Waals surface area contributed by atoms with Gasteiger partial charge < -0.3 is 5.32 Å². The van der Waals surface area contributed by atoms with Crippen molar-refractivity contribution < 1.29 is 9.18 Å². The fourth-order valence-corrected chi connectivity index (χ4v) is 4.13. The van der Waals surface area contributed by atoms with Gasteiger partial charge in [0.25, 0.3) is 5.91 Å². The number of alkyl halides is 1. The number of benzene rings is 3. The van der Waals surface area contributed by atoms with Crippen LogP contribution in [0.3, 0.4) is 0 Å². The van der Waals surface area contributed by atoms with Gasteiger partial charge in [0, 0.05) is 11.6 Å². The first-order chi connectivity index (χ1) is 13.2. The molecule has 3 heteroatoms. The van der Waals surface area contributed by atoms with E-state index in [1.54, 1.807) is 12.1 Å². The Morgan fingerprint density at radius 3 is 1.93 bits per heavy atom. The number of rotatable bonds is 4. The van der Waals surface area contributed by atoms with Crippen LogP contribution in [-0.2, 0) is 4.79 Å². The maximum atomic E-state index is 16.3. The zero-order chi connectivity index (χ0) is 18.7. The second kappa shape index (κ2) is 7.36. The van der Waals surface area contributed by atoms with Crippen LogP contribution in [0.1, 0.15) is 35.8 Å². The van der Waals surface area contributed by atoms with Gasteiger partial charge in [0.2, 0.25) is 0 Å². The molecule has 136 valence electrons. The lowest BCUT2D eigenvalue weighted by Gasteiger charge is -2.26. The van der Waals surface area contributed by atoms with Crippen molar-refractivity contribution in [2.24, 2.45) is 0 Å². The van der Waals surface area contributed by atoms with Gasteiger partial charge >= 0.3 is 0 Å². The van der Waals surface area contributed by atoms with Crippen molar-refractivity contribution in [2.45, 2.75) is 30.3 Å². The summed E-state index contributed by atoms with van der Waals surface area (Å²) in [6.45, 7) is 0. The predicted octanol–water partition coefficient (Wildman–Crippen LogP) is 5.69. The molecular formula is C24H22FNO. The lowest BCUT2D eigenvalue weighted by atomic mass is 9.85. The molecular weight excluding hydrogens is 337 g/mol. The first-order valence-electron chi connectivity index (χ1n) is 9.32. The van der Waals surface area contributed by atoms with Crippen LogP contribution < -0.4 is 5.32 Å². The van der Waals surface area contributed by atoms with Gasteiger partial charge in [0.1, 0.15) is 0 Å². The number of hydrogen-bond acceptors (Lipinski definition) is 1. The molecule has 0 heterocycles. The topological polar surface area (TPSA) is 29.1 Å². The second-order valence-electron chi connectivity index (χ2n) is 7.19. The zero-order valence-electron chi connectivity index (χ0n) is 15.0. The molecule has 1 aliphatic carbocycles. The molecule has 3 atom stereocenters. The standard InChI is InChI=1S/C24H22FNO/c25-24(23(27)26-21-14-8-3-9-15-21)17-20(18-10-4-1-5-11-18)16-22(24)19-12-6-2-7-13-19/h1-15,20,22H,16-17H2,(H,26,27)/t20-,22+,24-/m1/s1. The molecule has 1 amide bonds. The third kappa shape index (κ3) is 3.50. The largest absolute Gasteiger partial charge is 0.323 e.